The summed E-state index contributed by atoms with van der Waals surface area (Å²) in [7, 11) is 0. The van der Waals surface area contributed by atoms with E-state index in [4.69, 9.17) is 4.74 Å². The van der Waals surface area contributed by atoms with E-state index in [0.29, 0.717) is 18.6 Å². The van der Waals surface area contributed by atoms with Crippen LogP contribution in [0.5, 0.6) is 5.75 Å². The number of hydrogen-bond acceptors (Lipinski definition) is 2. The van der Waals surface area contributed by atoms with E-state index in [1.54, 1.807) is 13.0 Å². The molecule has 0 saturated carbocycles. The molecule has 1 aliphatic carbocycles. The van der Waals surface area contributed by atoms with Gasteiger partial charge < -0.3 is 4.74 Å². The summed E-state index contributed by atoms with van der Waals surface area (Å²) in [5, 5.41) is 0. The lowest BCUT2D eigenvalue weighted by molar-refractivity contribution is 0.0859. The van der Waals surface area contributed by atoms with Gasteiger partial charge in [0.05, 0.1) is 12.2 Å². The average Bonchev–Trinajstić information content (AvgIpc) is 2.44. The second-order valence-electron chi connectivity index (χ2n) is 4.73. The number of ketones is 1. The summed E-state index contributed by atoms with van der Waals surface area (Å²) >= 11 is 0. The lowest BCUT2D eigenvalue weighted by Crippen LogP contribution is -2.19. The third kappa shape index (κ3) is 1.51. The first kappa shape index (κ1) is 11.1. The summed E-state index contributed by atoms with van der Waals surface area (Å²) in [6.45, 7) is 5.90. The van der Waals surface area contributed by atoms with Gasteiger partial charge in [-0.25, -0.2) is 4.39 Å². The van der Waals surface area contributed by atoms with Crippen molar-refractivity contribution in [2.45, 2.75) is 27.2 Å². The molecule has 1 aromatic rings. The largest absolute Gasteiger partial charge is 0.490 e. The fourth-order valence-electron chi connectivity index (χ4n) is 2.17. The number of carbonyl (C=O) groups is 1. The van der Waals surface area contributed by atoms with Gasteiger partial charge in [-0.1, -0.05) is 19.9 Å². The van der Waals surface area contributed by atoms with Gasteiger partial charge in [-0.15, -0.1) is 0 Å². The van der Waals surface area contributed by atoms with Gasteiger partial charge in [0.15, 0.2) is 17.3 Å². The number of halogens is 1. The first-order valence-corrected chi connectivity index (χ1v) is 5.46. The van der Waals surface area contributed by atoms with Gasteiger partial charge in [-0.2, -0.15) is 0 Å². The van der Waals surface area contributed by atoms with E-state index in [0.717, 1.165) is 5.56 Å². The molecule has 0 fully saturated rings. The SMILES string of the molecule is CCOc1c(F)ccc2c1C(=O)C(C)(C)C2. The normalized spacial score (nSPS) is 17.4. The van der Waals surface area contributed by atoms with Crippen LogP contribution in [-0.4, -0.2) is 12.4 Å². The van der Waals surface area contributed by atoms with E-state index in [1.165, 1.54) is 6.07 Å². The molecule has 1 aromatic carbocycles. The first-order chi connectivity index (χ1) is 7.47. The maximum Gasteiger partial charge on any atom is 0.172 e. The molecule has 3 heteroatoms. The second kappa shape index (κ2) is 3.58. The van der Waals surface area contributed by atoms with E-state index in [-0.39, 0.29) is 11.5 Å². The Hall–Kier alpha value is -1.38. The Morgan fingerprint density at radius 1 is 1.44 bits per heavy atom. The van der Waals surface area contributed by atoms with Crippen molar-refractivity contribution in [3.8, 4) is 5.75 Å². The van der Waals surface area contributed by atoms with E-state index >= 15 is 0 Å². The van der Waals surface area contributed by atoms with Gasteiger partial charge in [0, 0.05) is 5.41 Å². The van der Waals surface area contributed by atoms with E-state index in [9.17, 15) is 9.18 Å². The third-order valence-corrected chi connectivity index (χ3v) is 2.96. The third-order valence-electron chi connectivity index (χ3n) is 2.96. The Morgan fingerprint density at radius 2 is 2.12 bits per heavy atom. The minimum atomic E-state index is -0.452. The van der Waals surface area contributed by atoms with Crippen molar-refractivity contribution in [3.63, 3.8) is 0 Å². The fourth-order valence-corrected chi connectivity index (χ4v) is 2.17. The molecule has 0 atom stereocenters. The second-order valence-corrected chi connectivity index (χ2v) is 4.73. The zero-order valence-electron chi connectivity index (χ0n) is 9.76. The molecule has 0 radical (unpaired) electrons. The smallest absolute Gasteiger partial charge is 0.172 e. The van der Waals surface area contributed by atoms with Gasteiger partial charge in [-0.3, -0.25) is 4.79 Å². The number of Topliss-reactive ketones (excluding diaryl/α,β-unsaturated/α-hetero) is 1. The molecule has 0 aromatic heterocycles. The summed E-state index contributed by atoms with van der Waals surface area (Å²) in [4.78, 5) is 12.1. The van der Waals surface area contributed by atoms with Gasteiger partial charge >= 0.3 is 0 Å². The van der Waals surface area contributed by atoms with Crippen LogP contribution in [0.15, 0.2) is 12.1 Å². The topological polar surface area (TPSA) is 26.3 Å². The van der Waals surface area contributed by atoms with Crippen molar-refractivity contribution in [1.29, 1.82) is 0 Å². The van der Waals surface area contributed by atoms with Crippen LogP contribution in [0.4, 0.5) is 4.39 Å². The van der Waals surface area contributed by atoms with Crippen LogP contribution in [0.25, 0.3) is 0 Å². The van der Waals surface area contributed by atoms with Gasteiger partial charge in [0.1, 0.15) is 0 Å². The van der Waals surface area contributed by atoms with E-state index < -0.39 is 11.2 Å². The zero-order valence-corrected chi connectivity index (χ0v) is 9.76. The predicted molar refractivity (Wildman–Crippen MR) is 59.4 cm³/mol. The van der Waals surface area contributed by atoms with E-state index in [1.807, 2.05) is 13.8 Å². The number of rotatable bonds is 2. The molecule has 16 heavy (non-hydrogen) atoms. The summed E-state index contributed by atoms with van der Waals surface area (Å²) in [6.07, 6.45) is 0.654. The molecule has 1 aliphatic rings. The lowest BCUT2D eigenvalue weighted by Gasteiger charge is -2.14. The lowest BCUT2D eigenvalue weighted by atomic mass is 9.89. The minimum absolute atomic E-state index is 0.0227. The maximum absolute atomic E-state index is 13.6. The quantitative estimate of drug-likeness (QED) is 0.769. The number of ether oxygens (including phenoxy) is 1. The van der Waals surface area contributed by atoms with Crippen molar-refractivity contribution < 1.29 is 13.9 Å². The number of benzene rings is 1. The Bertz CT molecular complexity index is 449. The van der Waals surface area contributed by atoms with Crippen LogP contribution in [0.2, 0.25) is 0 Å². The molecule has 0 N–H and O–H groups in total. The highest BCUT2D eigenvalue weighted by atomic mass is 19.1. The van der Waals surface area contributed by atoms with Gasteiger partial charge in [-0.05, 0) is 25.0 Å². The van der Waals surface area contributed by atoms with Crippen molar-refractivity contribution in [2.75, 3.05) is 6.61 Å². The van der Waals surface area contributed by atoms with Crippen LogP contribution in [0, 0.1) is 11.2 Å². The predicted octanol–water partition coefficient (Wildman–Crippen LogP) is 2.99. The highest BCUT2D eigenvalue weighted by Gasteiger charge is 2.40. The van der Waals surface area contributed by atoms with E-state index in [2.05, 4.69) is 0 Å². The molecule has 2 rings (SSSR count). The summed E-state index contributed by atoms with van der Waals surface area (Å²) in [5.41, 5.74) is 0.883. The molecule has 0 amide bonds. The highest BCUT2D eigenvalue weighted by molar-refractivity contribution is 6.06. The number of carbonyl (C=O) groups excluding carboxylic acids is 1. The Morgan fingerprint density at radius 3 is 2.75 bits per heavy atom. The maximum atomic E-state index is 13.6. The molecule has 86 valence electrons. The molecule has 0 heterocycles. The monoisotopic (exact) mass is 222 g/mol. The molecular weight excluding hydrogens is 207 g/mol. The molecule has 0 aliphatic heterocycles. The summed E-state index contributed by atoms with van der Waals surface area (Å²) in [5.74, 6) is -0.354. The van der Waals surface area contributed by atoms with Crippen molar-refractivity contribution >= 4 is 5.78 Å². The standard InChI is InChI=1S/C13H15FO2/c1-4-16-11-9(14)6-5-8-7-13(2,3)12(15)10(8)11/h5-6H,4,7H2,1-3H3. The number of fused-ring (bicyclic) bond motifs is 1. The molecule has 0 bridgehead atoms. The van der Waals surface area contributed by atoms with Crippen LogP contribution in [-0.2, 0) is 6.42 Å². The molecule has 0 unspecified atom stereocenters. The fraction of sp³-hybridized carbons (Fsp3) is 0.462. The molecular formula is C13H15FO2. The molecule has 0 spiro atoms. The van der Waals surface area contributed by atoms with Crippen molar-refractivity contribution in [2.24, 2.45) is 5.41 Å². The van der Waals surface area contributed by atoms with Crippen LogP contribution < -0.4 is 4.74 Å². The van der Waals surface area contributed by atoms with Gasteiger partial charge in [0.25, 0.3) is 0 Å². The van der Waals surface area contributed by atoms with Crippen LogP contribution in [0.3, 0.4) is 0 Å². The average molecular weight is 222 g/mol. The highest BCUT2D eigenvalue weighted by Crippen LogP contribution is 2.41. The Balaban J connectivity index is 2.59. The Labute approximate surface area is 94.4 Å². The van der Waals surface area contributed by atoms with Crippen LogP contribution in [0.1, 0.15) is 36.7 Å². The van der Waals surface area contributed by atoms with Crippen molar-refractivity contribution in [1.82, 2.24) is 0 Å². The van der Waals surface area contributed by atoms with Gasteiger partial charge in [0.2, 0.25) is 0 Å². The summed E-state index contributed by atoms with van der Waals surface area (Å²) < 4.78 is 18.8. The van der Waals surface area contributed by atoms with Crippen LogP contribution >= 0.6 is 0 Å². The minimum Gasteiger partial charge on any atom is -0.490 e. The number of hydrogen-bond donors (Lipinski definition) is 0. The first-order valence-electron chi connectivity index (χ1n) is 5.46. The summed E-state index contributed by atoms with van der Waals surface area (Å²) in [6, 6.07) is 3.05. The molecule has 0 saturated heterocycles. The van der Waals surface area contributed by atoms with Crippen molar-refractivity contribution in [3.05, 3.63) is 29.1 Å². The zero-order chi connectivity index (χ0) is 11.9. The Kier molecular flexibility index (Phi) is 2.49. The molecule has 2 nitrogen and oxygen atoms in total.